The van der Waals surface area contributed by atoms with Gasteiger partial charge in [0.1, 0.15) is 17.6 Å². The first-order chi connectivity index (χ1) is 16.4. The standard InChI is InChI=1S/C25H20N2O7/c1-13-11-19(26-34-13)27-21(15-8-4-5-9-16(15)31-2)20(23(29)25(27)30)22(28)18-12-14-7-6-10-17(32-3)24(14)33-18/h4-12,21,29H,1-3H3. The van der Waals surface area contributed by atoms with Crippen LogP contribution in [-0.2, 0) is 4.79 Å². The fourth-order valence-corrected chi connectivity index (χ4v) is 4.17. The van der Waals surface area contributed by atoms with Crippen molar-refractivity contribution in [1.29, 1.82) is 0 Å². The van der Waals surface area contributed by atoms with Gasteiger partial charge in [0.25, 0.3) is 5.91 Å². The third-order valence-corrected chi connectivity index (χ3v) is 5.70. The van der Waals surface area contributed by atoms with Crippen LogP contribution in [0.1, 0.15) is 27.9 Å². The van der Waals surface area contributed by atoms with E-state index in [1.165, 1.54) is 19.1 Å². The highest BCUT2D eigenvalue weighted by molar-refractivity contribution is 6.20. The van der Waals surface area contributed by atoms with Crippen LogP contribution in [0, 0.1) is 6.92 Å². The van der Waals surface area contributed by atoms with Crippen LogP contribution < -0.4 is 14.4 Å². The Morgan fingerprint density at radius 3 is 2.50 bits per heavy atom. The number of ketones is 1. The van der Waals surface area contributed by atoms with Gasteiger partial charge in [-0.2, -0.15) is 0 Å². The van der Waals surface area contributed by atoms with Crippen molar-refractivity contribution in [2.45, 2.75) is 13.0 Å². The van der Waals surface area contributed by atoms with E-state index in [2.05, 4.69) is 5.16 Å². The Kier molecular flexibility index (Phi) is 5.09. The number of para-hydroxylation sites is 2. The molecular formula is C25H20N2O7. The summed E-state index contributed by atoms with van der Waals surface area (Å²) >= 11 is 0. The summed E-state index contributed by atoms with van der Waals surface area (Å²) in [5.74, 6) is -0.691. The number of aliphatic hydroxyl groups is 1. The van der Waals surface area contributed by atoms with E-state index in [9.17, 15) is 14.7 Å². The van der Waals surface area contributed by atoms with Gasteiger partial charge in [0.15, 0.2) is 28.7 Å². The summed E-state index contributed by atoms with van der Waals surface area (Å²) in [6, 6.07) is 14.2. The normalized spacial score (nSPS) is 15.9. The zero-order valence-electron chi connectivity index (χ0n) is 18.6. The van der Waals surface area contributed by atoms with E-state index in [-0.39, 0.29) is 17.2 Å². The molecule has 9 heteroatoms. The van der Waals surface area contributed by atoms with Crippen LogP contribution in [-0.4, -0.2) is 36.2 Å². The van der Waals surface area contributed by atoms with Crippen LogP contribution in [0.5, 0.6) is 11.5 Å². The van der Waals surface area contributed by atoms with E-state index >= 15 is 0 Å². The maximum atomic E-state index is 13.7. The second-order valence-electron chi connectivity index (χ2n) is 7.70. The van der Waals surface area contributed by atoms with Crippen LogP contribution >= 0.6 is 0 Å². The number of carbonyl (C=O) groups excluding carboxylic acids is 2. The summed E-state index contributed by atoms with van der Waals surface area (Å²) < 4.78 is 21.8. The number of hydrogen-bond acceptors (Lipinski definition) is 8. The zero-order valence-corrected chi connectivity index (χ0v) is 18.6. The van der Waals surface area contributed by atoms with Crippen LogP contribution in [0.3, 0.4) is 0 Å². The van der Waals surface area contributed by atoms with E-state index in [1.807, 2.05) is 0 Å². The van der Waals surface area contributed by atoms with Crippen molar-refractivity contribution in [1.82, 2.24) is 5.16 Å². The van der Waals surface area contributed by atoms with Gasteiger partial charge in [-0.15, -0.1) is 0 Å². The fourth-order valence-electron chi connectivity index (χ4n) is 4.17. The summed E-state index contributed by atoms with van der Waals surface area (Å²) in [5.41, 5.74) is 0.712. The van der Waals surface area contributed by atoms with Gasteiger partial charge < -0.3 is 23.5 Å². The Hall–Kier alpha value is -4.53. The number of benzene rings is 2. The van der Waals surface area contributed by atoms with E-state index < -0.39 is 23.5 Å². The molecule has 1 amide bonds. The molecule has 2 aromatic carbocycles. The minimum atomic E-state index is -1.03. The maximum absolute atomic E-state index is 13.7. The summed E-state index contributed by atoms with van der Waals surface area (Å²) in [4.78, 5) is 28.1. The number of anilines is 1. The second-order valence-corrected chi connectivity index (χ2v) is 7.70. The number of rotatable bonds is 6. The van der Waals surface area contributed by atoms with Crippen LogP contribution in [0.4, 0.5) is 5.82 Å². The number of Topliss-reactive ketones (excluding diaryl/α,β-unsaturated/α-hetero) is 1. The van der Waals surface area contributed by atoms with Crippen molar-refractivity contribution >= 4 is 28.5 Å². The number of nitrogens with zero attached hydrogens (tertiary/aromatic N) is 2. The minimum absolute atomic E-state index is 0.0491. The number of methoxy groups -OCH3 is 2. The Labute approximate surface area is 193 Å². The van der Waals surface area contributed by atoms with Gasteiger partial charge in [0.05, 0.1) is 19.8 Å². The molecule has 1 atom stereocenters. The van der Waals surface area contributed by atoms with Crippen molar-refractivity contribution < 1.29 is 33.1 Å². The Bertz CT molecular complexity index is 1460. The number of ether oxygens (including phenoxy) is 2. The SMILES string of the molecule is COc1ccccc1C1C(C(=O)c2cc3cccc(OC)c3o2)=C(O)C(=O)N1c1cc(C)on1. The molecule has 172 valence electrons. The third kappa shape index (κ3) is 3.21. The van der Waals surface area contributed by atoms with Crippen LogP contribution in [0.2, 0.25) is 0 Å². The van der Waals surface area contributed by atoms with Gasteiger partial charge in [-0.25, -0.2) is 0 Å². The Morgan fingerprint density at radius 1 is 1.06 bits per heavy atom. The first kappa shape index (κ1) is 21.3. The van der Waals surface area contributed by atoms with Crippen LogP contribution in [0.15, 0.2) is 74.9 Å². The van der Waals surface area contributed by atoms with Gasteiger partial charge in [-0.1, -0.05) is 35.5 Å². The molecule has 0 bridgehead atoms. The largest absolute Gasteiger partial charge is 0.503 e. The molecule has 9 nitrogen and oxygen atoms in total. The molecular weight excluding hydrogens is 440 g/mol. The summed E-state index contributed by atoms with van der Waals surface area (Å²) in [6.45, 7) is 1.68. The van der Waals surface area contributed by atoms with E-state index in [4.69, 9.17) is 18.4 Å². The first-order valence-electron chi connectivity index (χ1n) is 10.4. The summed E-state index contributed by atoms with van der Waals surface area (Å²) in [5, 5.41) is 15.5. The number of amides is 1. The number of aromatic nitrogens is 1. The van der Waals surface area contributed by atoms with Crippen molar-refractivity contribution in [2.75, 3.05) is 19.1 Å². The molecule has 0 aliphatic carbocycles. The number of furan rings is 1. The number of aryl methyl sites for hydroxylation is 1. The van der Waals surface area contributed by atoms with Gasteiger partial charge in [-0.05, 0) is 25.1 Å². The fraction of sp³-hybridized carbons (Fsp3) is 0.160. The molecule has 5 rings (SSSR count). The van der Waals surface area contributed by atoms with Crippen molar-refractivity contribution in [3.63, 3.8) is 0 Å². The molecule has 0 saturated carbocycles. The van der Waals surface area contributed by atoms with Gasteiger partial charge >= 0.3 is 0 Å². The molecule has 1 aliphatic rings. The third-order valence-electron chi connectivity index (χ3n) is 5.70. The minimum Gasteiger partial charge on any atom is -0.503 e. The number of hydrogen-bond donors (Lipinski definition) is 1. The predicted octanol–water partition coefficient (Wildman–Crippen LogP) is 4.53. The predicted molar refractivity (Wildman–Crippen MR) is 121 cm³/mol. The van der Waals surface area contributed by atoms with E-state index in [0.29, 0.717) is 33.8 Å². The Balaban J connectivity index is 1.69. The molecule has 0 radical (unpaired) electrons. The highest BCUT2D eigenvalue weighted by Crippen LogP contribution is 2.45. The van der Waals surface area contributed by atoms with E-state index in [1.54, 1.807) is 61.5 Å². The van der Waals surface area contributed by atoms with Gasteiger partial charge in [-0.3, -0.25) is 14.5 Å². The average molecular weight is 460 g/mol. The van der Waals surface area contributed by atoms with Gasteiger partial charge in [0, 0.05) is 17.0 Å². The zero-order chi connectivity index (χ0) is 24.0. The summed E-state index contributed by atoms with van der Waals surface area (Å²) in [6.07, 6.45) is 0. The van der Waals surface area contributed by atoms with Crippen molar-refractivity contribution in [2.24, 2.45) is 0 Å². The highest BCUT2D eigenvalue weighted by Gasteiger charge is 2.47. The molecule has 0 fully saturated rings. The average Bonchev–Trinajstić information content (AvgIpc) is 3.54. The smallest absolute Gasteiger partial charge is 0.295 e. The molecule has 34 heavy (non-hydrogen) atoms. The van der Waals surface area contributed by atoms with Crippen LogP contribution in [0.25, 0.3) is 11.0 Å². The van der Waals surface area contributed by atoms with Gasteiger partial charge in [0.2, 0.25) is 5.78 Å². The quantitative estimate of drug-likeness (QED) is 0.417. The molecule has 0 saturated heterocycles. The first-order valence-corrected chi connectivity index (χ1v) is 10.4. The van der Waals surface area contributed by atoms with E-state index in [0.717, 1.165) is 0 Å². The molecule has 1 N–H and O–H groups in total. The lowest BCUT2D eigenvalue weighted by Gasteiger charge is -2.25. The second kappa shape index (κ2) is 8.11. The number of carbonyl (C=O) groups is 2. The molecule has 0 spiro atoms. The molecule has 3 heterocycles. The topological polar surface area (TPSA) is 115 Å². The van der Waals surface area contributed by atoms with Crippen molar-refractivity contribution in [3.05, 3.63) is 83.0 Å². The number of aliphatic hydroxyl groups excluding tert-OH is 1. The molecule has 4 aromatic rings. The Morgan fingerprint density at radius 2 is 1.79 bits per heavy atom. The monoisotopic (exact) mass is 460 g/mol. The molecule has 2 aromatic heterocycles. The molecule has 1 aliphatic heterocycles. The highest BCUT2D eigenvalue weighted by atomic mass is 16.5. The van der Waals surface area contributed by atoms with Crippen molar-refractivity contribution in [3.8, 4) is 11.5 Å². The number of fused-ring (bicyclic) bond motifs is 1. The lowest BCUT2D eigenvalue weighted by atomic mass is 9.94. The maximum Gasteiger partial charge on any atom is 0.295 e. The lowest BCUT2D eigenvalue weighted by molar-refractivity contribution is -0.117. The molecule has 1 unspecified atom stereocenters. The summed E-state index contributed by atoms with van der Waals surface area (Å²) in [7, 11) is 2.98. The lowest BCUT2D eigenvalue weighted by Crippen LogP contribution is -2.31.